The Bertz CT molecular complexity index is 1090. The summed E-state index contributed by atoms with van der Waals surface area (Å²) in [6.07, 6.45) is 7.86. The van der Waals surface area contributed by atoms with E-state index >= 15 is 0 Å². The maximum Gasteiger partial charge on any atom is 0.246 e. The van der Waals surface area contributed by atoms with E-state index in [1.165, 1.54) is 0 Å². The van der Waals surface area contributed by atoms with Crippen molar-refractivity contribution in [2.75, 3.05) is 12.4 Å². The average molecular weight is 409 g/mol. The molecule has 0 saturated carbocycles. The average Bonchev–Trinajstić information content (AvgIpc) is 2.72. The van der Waals surface area contributed by atoms with Gasteiger partial charge in [0.2, 0.25) is 11.8 Å². The fourth-order valence-electron chi connectivity index (χ4n) is 3.30. The molecule has 0 atom stereocenters. The summed E-state index contributed by atoms with van der Waals surface area (Å²) in [5, 5.41) is 3.81. The van der Waals surface area contributed by atoms with Crippen LogP contribution in [0.5, 0.6) is 0 Å². The summed E-state index contributed by atoms with van der Waals surface area (Å²) < 4.78 is 0. The first-order valence-corrected chi connectivity index (χ1v) is 9.15. The molecule has 29 heavy (non-hydrogen) atoms. The Morgan fingerprint density at radius 2 is 2.07 bits per heavy atom. The summed E-state index contributed by atoms with van der Waals surface area (Å²) in [6.45, 7) is 0.501. The smallest absolute Gasteiger partial charge is 0.246 e. The number of amides is 2. The van der Waals surface area contributed by atoms with Gasteiger partial charge in [-0.3, -0.25) is 14.6 Å². The molecule has 1 N–H and O–H groups in total. The van der Waals surface area contributed by atoms with Crippen LogP contribution in [0.2, 0.25) is 0 Å². The quantitative estimate of drug-likeness (QED) is 0.669. The molecule has 0 unspecified atom stereocenters. The number of rotatable bonds is 4. The predicted molar refractivity (Wildman–Crippen MR) is 116 cm³/mol. The second-order valence-corrected chi connectivity index (χ2v) is 6.84. The van der Waals surface area contributed by atoms with E-state index in [9.17, 15) is 9.59 Å². The molecule has 1 aromatic carbocycles. The lowest BCUT2D eigenvalue weighted by Gasteiger charge is -2.17. The molecule has 0 aliphatic carbocycles. The third-order valence-electron chi connectivity index (χ3n) is 4.81. The Balaban J connectivity index is 0.00000240. The van der Waals surface area contributed by atoms with Crippen LogP contribution in [0.4, 0.5) is 5.82 Å². The van der Waals surface area contributed by atoms with Gasteiger partial charge in [-0.25, -0.2) is 4.98 Å². The van der Waals surface area contributed by atoms with Gasteiger partial charge in [-0.1, -0.05) is 18.2 Å². The first-order chi connectivity index (χ1) is 13.6. The van der Waals surface area contributed by atoms with Gasteiger partial charge in [0.25, 0.3) is 0 Å². The highest BCUT2D eigenvalue weighted by molar-refractivity contribution is 5.94. The van der Waals surface area contributed by atoms with Gasteiger partial charge in [0, 0.05) is 43.9 Å². The molecule has 0 fully saturated rings. The van der Waals surface area contributed by atoms with Crippen molar-refractivity contribution in [2.24, 2.45) is 0 Å². The van der Waals surface area contributed by atoms with Crippen molar-refractivity contribution < 1.29 is 9.59 Å². The summed E-state index contributed by atoms with van der Waals surface area (Å²) >= 11 is 0. The summed E-state index contributed by atoms with van der Waals surface area (Å²) in [4.78, 5) is 34.3. The highest BCUT2D eigenvalue weighted by Crippen LogP contribution is 2.21. The van der Waals surface area contributed by atoms with E-state index in [-0.39, 0.29) is 24.2 Å². The Kier molecular flexibility index (Phi) is 6.24. The second kappa shape index (κ2) is 8.84. The molecular weight excluding hydrogens is 388 g/mol. The van der Waals surface area contributed by atoms with Crippen molar-refractivity contribution in [3.8, 4) is 0 Å². The highest BCUT2D eigenvalue weighted by atomic mass is 35.5. The van der Waals surface area contributed by atoms with Gasteiger partial charge in [0.1, 0.15) is 5.82 Å². The van der Waals surface area contributed by atoms with E-state index in [2.05, 4.69) is 15.3 Å². The maximum absolute atomic E-state index is 12.5. The Hall–Kier alpha value is -3.25. The van der Waals surface area contributed by atoms with E-state index in [1.54, 1.807) is 36.5 Å². The van der Waals surface area contributed by atoms with E-state index in [0.29, 0.717) is 25.2 Å². The van der Waals surface area contributed by atoms with Crippen molar-refractivity contribution >= 4 is 47.0 Å². The molecule has 2 amide bonds. The molecule has 0 bridgehead atoms. The fourth-order valence-corrected chi connectivity index (χ4v) is 3.30. The zero-order valence-electron chi connectivity index (χ0n) is 16.0. The van der Waals surface area contributed by atoms with E-state index < -0.39 is 0 Å². The molecule has 148 valence electrons. The lowest BCUT2D eigenvalue weighted by Crippen LogP contribution is -2.24. The van der Waals surface area contributed by atoms with Crippen LogP contribution in [-0.2, 0) is 22.6 Å². The second-order valence-electron chi connectivity index (χ2n) is 6.84. The number of aryl methyl sites for hydroxylation is 1. The van der Waals surface area contributed by atoms with Gasteiger partial charge < -0.3 is 10.2 Å². The number of carbonyl (C=O) groups excluding carboxylic acids is 2. The minimum atomic E-state index is -0.0908. The zero-order chi connectivity index (χ0) is 19.5. The first kappa shape index (κ1) is 20.5. The summed E-state index contributed by atoms with van der Waals surface area (Å²) in [7, 11) is 1.78. The Morgan fingerprint density at radius 1 is 1.21 bits per heavy atom. The van der Waals surface area contributed by atoms with E-state index in [1.807, 2.05) is 36.4 Å². The number of pyridine rings is 2. The number of benzene rings is 1. The molecule has 7 heteroatoms. The number of nitrogens with one attached hydrogen (secondary N) is 1. The van der Waals surface area contributed by atoms with Crippen LogP contribution in [0, 0.1) is 0 Å². The molecule has 1 aliphatic heterocycles. The third-order valence-corrected chi connectivity index (χ3v) is 4.81. The van der Waals surface area contributed by atoms with Gasteiger partial charge in [0.05, 0.1) is 5.52 Å². The number of anilines is 1. The Morgan fingerprint density at radius 3 is 2.93 bits per heavy atom. The molecule has 6 nitrogen and oxygen atoms in total. The largest absolute Gasteiger partial charge is 0.338 e. The molecule has 0 radical (unpaired) electrons. The number of hydrogen-bond acceptors (Lipinski definition) is 4. The van der Waals surface area contributed by atoms with E-state index in [4.69, 9.17) is 0 Å². The van der Waals surface area contributed by atoms with Crippen LogP contribution in [-0.4, -0.2) is 33.7 Å². The predicted octanol–water partition coefficient (Wildman–Crippen LogP) is 3.61. The van der Waals surface area contributed by atoms with Crippen molar-refractivity contribution in [3.05, 3.63) is 71.6 Å². The number of halogens is 1. The molecule has 2 aromatic heterocycles. The third kappa shape index (κ3) is 4.60. The maximum atomic E-state index is 12.5. The van der Waals surface area contributed by atoms with Crippen LogP contribution < -0.4 is 5.32 Å². The zero-order valence-corrected chi connectivity index (χ0v) is 16.8. The lowest BCUT2D eigenvalue weighted by atomic mass is 10.0. The van der Waals surface area contributed by atoms with Gasteiger partial charge >= 0.3 is 0 Å². The topological polar surface area (TPSA) is 75.2 Å². The first-order valence-electron chi connectivity index (χ1n) is 9.15. The molecule has 3 heterocycles. The van der Waals surface area contributed by atoms with Gasteiger partial charge in [0.15, 0.2) is 0 Å². The summed E-state index contributed by atoms with van der Waals surface area (Å²) in [5.41, 5.74) is 3.81. The van der Waals surface area contributed by atoms with Crippen molar-refractivity contribution in [3.63, 3.8) is 0 Å². The van der Waals surface area contributed by atoms with Crippen LogP contribution in [0.15, 0.2) is 54.9 Å². The molecular formula is C22H21ClN4O2. The van der Waals surface area contributed by atoms with Crippen molar-refractivity contribution in [1.82, 2.24) is 14.9 Å². The van der Waals surface area contributed by atoms with Crippen molar-refractivity contribution in [1.29, 1.82) is 0 Å². The van der Waals surface area contributed by atoms with Crippen LogP contribution in [0.25, 0.3) is 17.0 Å². The number of hydrogen-bond donors (Lipinski definition) is 1. The van der Waals surface area contributed by atoms with Gasteiger partial charge in [-0.2, -0.15) is 0 Å². The van der Waals surface area contributed by atoms with Gasteiger partial charge in [-0.05, 0) is 47.4 Å². The Labute approximate surface area is 175 Å². The number of aromatic nitrogens is 2. The molecule has 1 aliphatic rings. The van der Waals surface area contributed by atoms with Crippen LogP contribution in [0.1, 0.15) is 23.1 Å². The van der Waals surface area contributed by atoms with E-state index in [0.717, 1.165) is 27.6 Å². The number of likely N-dealkylation sites (N-methyl/N-ethyl adjacent to an activating group) is 1. The monoisotopic (exact) mass is 408 g/mol. The van der Waals surface area contributed by atoms with Crippen LogP contribution >= 0.6 is 12.4 Å². The number of nitrogens with zero attached hydrogens (tertiary/aromatic N) is 3. The standard InChI is InChI=1S/C22H20N4O2.ClH/c1-26(14-17-4-2-6-19-18(17)5-3-11-23-19)21(28)10-7-15-12-16-8-9-20(27)25-22(16)24-13-15;/h2-7,10-13H,8-9,14H2,1H3,(H,24,25,27);1H. The molecule has 0 spiro atoms. The summed E-state index contributed by atoms with van der Waals surface area (Å²) in [5.74, 6) is 0.511. The fraction of sp³-hybridized carbons (Fsp3) is 0.182. The molecule has 4 rings (SSSR count). The minimum Gasteiger partial charge on any atom is -0.338 e. The number of fused-ring (bicyclic) bond motifs is 2. The number of carbonyl (C=O) groups is 2. The highest BCUT2D eigenvalue weighted by Gasteiger charge is 2.15. The SMILES string of the molecule is CN(Cc1cccc2ncccc12)C(=O)C=Cc1cnc2c(c1)CCC(=O)N2.Cl. The normalized spacial score (nSPS) is 12.9. The minimum absolute atomic E-state index is 0. The molecule has 0 saturated heterocycles. The van der Waals surface area contributed by atoms with Crippen LogP contribution in [0.3, 0.4) is 0 Å². The lowest BCUT2D eigenvalue weighted by molar-refractivity contribution is -0.125. The van der Waals surface area contributed by atoms with Gasteiger partial charge in [-0.15, -0.1) is 12.4 Å². The summed E-state index contributed by atoms with van der Waals surface area (Å²) in [6, 6.07) is 11.8. The van der Waals surface area contributed by atoms with Crippen molar-refractivity contribution in [2.45, 2.75) is 19.4 Å². The molecule has 3 aromatic rings.